The molecule has 0 atom stereocenters. The molecule has 0 N–H and O–H groups in total. The van der Waals surface area contributed by atoms with E-state index in [1.165, 1.54) is 27.4 Å². The van der Waals surface area contributed by atoms with Crippen molar-refractivity contribution in [3.8, 4) is 23.0 Å². The molecule has 0 bridgehead atoms. The van der Waals surface area contributed by atoms with Gasteiger partial charge in [0.05, 0.1) is 28.1 Å². The van der Waals surface area contributed by atoms with E-state index in [1.54, 1.807) is 0 Å². The maximum Gasteiger partial charge on any atom is 0.184 e. The summed E-state index contributed by atoms with van der Waals surface area (Å²) < 4.78 is 13.4. The van der Waals surface area contributed by atoms with Crippen molar-refractivity contribution in [3.05, 3.63) is 177 Å². The van der Waals surface area contributed by atoms with Crippen molar-refractivity contribution in [3.63, 3.8) is 0 Å². The van der Waals surface area contributed by atoms with E-state index in [0.29, 0.717) is 0 Å². The van der Waals surface area contributed by atoms with Gasteiger partial charge in [0.25, 0.3) is 0 Å². The summed E-state index contributed by atoms with van der Waals surface area (Å²) in [5.74, 6) is 3.36. The average Bonchev–Trinajstić information content (AvgIpc) is 3.79. The lowest BCUT2D eigenvalue weighted by Crippen LogP contribution is -2.32. The Hall–Kier alpha value is -6.92. The van der Waals surface area contributed by atoms with Crippen LogP contribution in [0, 0.1) is 7.05 Å². The number of ether oxygens (including phenoxy) is 1. The Balaban J connectivity index is 1.14. The zero-order chi connectivity index (χ0) is 37.6. The Bertz CT molecular complexity index is 2960. The molecule has 1 aliphatic rings. The van der Waals surface area contributed by atoms with E-state index >= 15 is 0 Å². The second-order valence-corrected chi connectivity index (χ2v) is 15.5. The molecular weight excluding hydrogens is 675 g/mol. The number of hydrogen-bond donors (Lipinski definition) is 0. The highest BCUT2D eigenvalue weighted by Gasteiger charge is 2.29. The van der Waals surface area contributed by atoms with Gasteiger partial charge in [-0.2, -0.15) is 0 Å². The molecule has 0 unspecified atom stereocenters. The smallest absolute Gasteiger partial charge is 0.184 e. The van der Waals surface area contributed by atoms with Crippen LogP contribution in [0.5, 0.6) is 11.5 Å². The molecule has 0 saturated heterocycles. The molecule has 1 aliphatic heterocycles. The maximum atomic E-state index is 6.70. The molecule has 0 aliphatic carbocycles. The molecule has 0 amide bonds. The van der Waals surface area contributed by atoms with E-state index < -0.39 is 0 Å². The molecule has 6 aromatic carbocycles. The molecule has 0 spiro atoms. The van der Waals surface area contributed by atoms with Crippen molar-refractivity contribution in [1.29, 1.82) is 0 Å². The first-order valence-electron chi connectivity index (χ1n) is 18.7. The standard InChI is InChI=1S/C49H41N5O/c1-32-51(6)45-20-11-12-21-46(45)52(32)34-14-13-15-36(29-34)55-37-23-24-40-41-30-35(53-42-18-9-7-16-38(42)39-17-8-10-19-43(39)53)22-25-44(41)54(47(40)31-37)48-28-33(49(2,3)4)26-27-50(48)5/h7-31H,1,5H2,2-4,6H3. The summed E-state index contributed by atoms with van der Waals surface area (Å²) in [6, 6.07) is 51.6. The minimum absolute atomic E-state index is 0.0409. The van der Waals surface area contributed by atoms with Gasteiger partial charge in [-0.05, 0) is 91.5 Å². The van der Waals surface area contributed by atoms with Crippen LogP contribution in [0.3, 0.4) is 0 Å². The van der Waals surface area contributed by atoms with Gasteiger partial charge < -0.3 is 18.8 Å². The topological polar surface area (TPSA) is 29.4 Å². The average molecular weight is 716 g/mol. The van der Waals surface area contributed by atoms with Crippen LogP contribution < -0.4 is 19.1 Å². The van der Waals surface area contributed by atoms with Gasteiger partial charge in [0.2, 0.25) is 0 Å². The van der Waals surface area contributed by atoms with E-state index in [-0.39, 0.29) is 5.41 Å². The number of hydrogen-bond acceptors (Lipinski definition) is 3. The second kappa shape index (κ2) is 12.1. The first-order valence-corrected chi connectivity index (χ1v) is 18.7. The van der Waals surface area contributed by atoms with Crippen molar-refractivity contribution >= 4 is 60.7 Å². The fourth-order valence-corrected chi connectivity index (χ4v) is 8.29. The van der Waals surface area contributed by atoms with E-state index in [0.717, 1.165) is 67.7 Å². The van der Waals surface area contributed by atoms with Crippen LogP contribution in [-0.4, -0.2) is 16.2 Å². The third-order valence-corrected chi connectivity index (χ3v) is 11.1. The molecule has 9 aromatic rings. The highest BCUT2D eigenvalue weighted by atomic mass is 16.5. The maximum absolute atomic E-state index is 6.70. The Kier molecular flexibility index (Phi) is 7.17. The summed E-state index contributed by atoms with van der Waals surface area (Å²) in [6.45, 7) is 11.1. The third kappa shape index (κ3) is 5.09. The molecule has 6 nitrogen and oxygen atoms in total. The number of pyridine rings is 1. The zero-order valence-corrected chi connectivity index (χ0v) is 31.5. The van der Waals surface area contributed by atoms with E-state index in [2.05, 4.69) is 200 Å². The molecule has 10 rings (SSSR count). The summed E-state index contributed by atoms with van der Waals surface area (Å²) in [7, 11) is 6.50. The van der Waals surface area contributed by atoms with E-state index in [4.69, 9.17) is 4.74 Å². The molecule has 0 saturated carbocycles. The minimum Gasteiger partial charge on any atom is -0.457 e. The van der Waals surface area contributed by atoms with Crippen LogP contribution >= 0.6 is 0 Å². The molecule has 6 heteroatoms. The van der Waals surface area contributed by atoms with Crippen molar-refractivity contribution in [2.75, 3.05) is 16.8 Å². The summed E-state index contributed by atoms with van der Waals surface area (Å²) in [4.78, 5) is 4.29. The molecule has 55 heavy (non-hydrogen) atoms. The SMILES string of the molecule is C=C1N(C)c2ccccc2N1c1cccc(Oc2ccc3c4cc(-n5c6ccccc6c6ccccc65)ccc4n(-c4cc(C(C)(C)C)cc[n+]4[CH2-])c3c2)c1. The van der Waals surface area contributed by atoms with Gasteiger partial charge in [-0.3, -0.25) is 4.90 Å². The molecule has 268 valence electrons. The van der Waals surface area contributed by atoms with Crippen molar-refractivity contribution in [2.24, 2.45) is 0 Å². The summed E-state index contributed by atoms with van der Waals surface area (Å²) in [5.41, 5.74) is 10.0. The van der Waals surface area contributed by atoms with Gasteiger partial charge >= 0.3 is 0 Å². The lowest BCUT2D eigenvalue weighted by Gasteiger charge is -2.22. The molecule has 3 aromatic heterocycles. The van der Waals surface area contributed by atoms with Crippen LogP contribution in [0.1, 0.15) is 26.3 Å². The van der Waals surface area contributed by atoms with Gasteiger partial charge in [0.1, 0.15) is 28.4 Å². The molecular formula is C49H41N5O. The van der Waals surface area contributed by atoms with Crippen LogP contribution in [0.15, 0.2) is 164 Å². The lowest BCUT2D eigenvalue weighted by atomic mass is 9.88. The monoisotopic (exact) mass is 715 g/mol. The quantitative estimate of drug-likeness (QED) is 0.131. The van der Waals surface area contributed by atoms with Crippen LogP contribution in [-0.2, 0) is 5.41 Å². The van der Waals surface area contributed by atoms with Crippen molar-refractivity contribution in [1.82, 2.24) is 9.13 Å². The fourth-order valence-electron chi connectivity index (χ4n) is 8.29. The first kappa shape index (κ1) is 32.7. The predicted octanol–water partition coefficient (Wildman–Crippen LogP) is 12.0. The predicted molar refractivity (Wildman–Crippen MR) is 227 cm³/mol. The van der Waals surface area contributed by atoms with Gasteiger partial charge in [0, 0.05) is 46.4 Å². The Morgan fingerprint density at radius 3 is 1.96 bits per heavy atom. The molecule has 4 heterocycles. The number of fused-ring (bicyclic) bond motifs is 7. The number of para-hydroxylation sites is 4. The lowest BCUT2D eigenvalue weighted by molar-refractivity contribution is -0.606. The van der Waals surface area contributed by atoms with E-state index in [9.17, 15) is 0 Å². The van der Waals surface area contributed by atoms with Crippen molar-refractivity contribution < 1.29 is 9.30 Å². The first-order chi connectivity index (χ1) is 26.7. The summed E-state index contributed by atoms with van der Waals surface area (Å²) >= 11 is 0. The summed E-state index contributed by atoms with van der Waals surface area (Å²) in [5, 5.41) is 4.77. The number of aromatic nitrogens is 3. The highest BCUT2D eigenvalue weighted by molar-refractivity contribution is 6.12. The number of anilines is 3. The Morgan fingerprint density at radius 1 is 0.564 bits per heavy atom. The Morgan fingerprint density at radius 2 is 1.22 bits per heavy atom. The Labute approximate surface area is 321 Å². The largest absolute Gasteiger partial charge is 0.457 e. The number of rotatable bonds is 5. The highest BCUT2D eigenvalue weighted by Crippen LogP contribution is 2.45. The van der Waals surface area contributed by atoms with Gasteiger partial charge in [0.15, 0.2) is 5.82 Å². The molecule has 0 radical (unpaired) electrons. The second-order valence-electron chi connectivity index (χ2n) is 15.5. The minimum atomic E-state index is -0.0409. The number of benzene rings is 6. The van der Waals surface area contributed by atoms with E-state index in [1.807, 2.05) is 16.7 Å². The normalized spacial score (nSPS) is 13.1. The van der Waals surface area contributed by atoms with Crippen molar-refractivity contribution in [2.45, 2.75) is 26.2 Å². The van der Waals surface area contributed by atoms with Crippen LogP contribution in [0.2, 0.25) is 0 Å². The summed E-state index contributed by atoms with van der Waals surface area (Å²) in [6.07, 6.45) is 2.06. The van der Waals surface area contributed by atoms with Crippen LogP contribution in [0.4, 0.5) is 17.1 Å². The number of nitrogens with zero attached hydrogens (tertiary/aromatic N) is 5. The van der Waals surface area contributed by atoms with Gasteiger partial charge in [-0.15, -0.1) is 0 Å². The zero-order valence-electron chi connectivity index (χ0n) is 31.5. The van der Waals surface area contributed by atoms with Crippen LogP contribution in [0.25, 0.3) is 55.1 Å². The van der Waals surface area contributed by atoms with Gasteiger partial charge in [-0.25, -0.2) is 4.57 Å². The fraction of sp³-hybridized carbons (Fsp3) is 0.102. The van der Waals surface area contributed by atoms with Gasteiger partial charge in [-0.1, -0.05) is 93.6 Å². The third-order valence-electron chi connectivity index (χ3n) is 11.1. The molecule has 0 fully saturated rings.